The molecule has 5 rings (SSSR count). The number of halogens is 3. The molecule has 0 aliphatic carbocycles. The number of benzene rings is 1. The van der Waals surface area contributed by atoms with Gasteiger partial charge >= 0.3 is 12.3 Å². The second-order valence-electron chi connectivity index (χ2n) is 9.20. The van der Waals surface area contributed by atoms with Gasteiger partial charge in [-0.3, -0.25) is 9.35 Å². The highest BCUT2D eigenvalue weighted by atomic mass is 32.2. The number of nitrogen functional groups attached to an aromatic ring is 1. The number of likely N-dealkylation sites (tertiary alicyclic amines) is 1. The van der Waals surface area contributed by atoms with Crippen molar-refractivity contribution in [3.8, 4) is 5.75 Å². The highest BCUT2D eigenvalue weighted by Gasteiger charge is 2.44. The SMILES string of the molecule is Nc1nccc2cc(C[C@H](C(=O)O)N3CC[C@H](N(c4cnc(N5CCC5)s4)S(=O)O)C3=O)c(OC(F)(F)F)cc12. The molecule has 2 fully saturated rings. The molecule has 1 amide bonds. The highest BCUT2D eigenvalue weighted by Crippen LogP contribution is 2.37. The average Bonchev–Trinajstić information content (AvgIpc) is 3.43. The third-order valence-electron chi connectivity index (χ3n) is 6.76. The fourth-order valence-corrected chi connectivity index (χ4v) is 6.60. The molecule has 214 valence electrons. The Morgan fingerprint density at radius 2 is 2.05 bits per heavy atom. The van der Waals surface area contributed by atoms with E-state index in [-0.39, 0.29) is 34.7 Å². The van der Waals surface area contributed by atoms with Crippen LogP contribution < -0.4 is 19.7 Å². The number of pyridine rings is 1. The summed E-state index contributed by atoms with van der Waals surface area (Å²) in [6.45, 7) is 1.49. The molecule has 12 nitrogen and oxygen atoms in total. The zero-order valence-corrected chi connectivity index (χ0v) is 22.2. The molecule has 0 bridgehead atoms. The Balaban J connectivity index is 1.44. The van der Waals surface area contributed by atoms with E-state index < -0.39 is 53.8 Å². The van der Waals surface area contributed by atoms with Gasteiger partial charge in [-0.25, -0.2) is 23.3 Å². The molecule has 2 aliphatic rings. The number of nitrogens with zero attached hydrogens (tertiary/aromatic N) is 5. The minimum atomic E-state index is -5.08. The van der Waals surface area contributed by atoms with Gasteiger partial charge in [0.15, 0.2) is 5.13 Å². The molecule has 1 aromatic carbocycles. The van der Waals surface area contributed by atoms with Gasteiger partial charge in [-0.2, -0.15) is 0 Å². The van der Waals surface area contributed by atoms with Crippen LogP contribution in [0.4, 0.5) is 29.1 Å². The molecule has 4 N–H and O–H groups in total. The number of anilines is 3. The molecule has 0 saturated carbocycles. The third-order valence-corrected chi connectivity index (χ3v) is 8.73. The first-order valence-corrected chi connectivity index (χ1v) is 13.9. The van der Waals surface area contributed by atoms with Crippen molar-refractivity contribution < 1.29 is 41.4 Å². The predicted molar refractivity (Wildman–Crippen MR) is 140 cm³/mol. The lowest BCUT2D eigenvalue weighted by molar-refractivity contribution is -0.274. The maximum Gasteiger partial charge on any atom is 0.573 e. The minimum Gasteiger partial charge on any atom is -0.480 e. The van der Waals surface area contributed by atoms with Crippen LogP contribution >= 0.6 is 11.3 Å². The van der Waals surface area contributed by atoms with Crippen LogP contribution in [-0.4, -0.2) is 78.7 Å². The normalized spacial score (nSPS) is 19.0. The van der Waals surface area contributed by atoms with E-state index in [0.717, 1.165) is 46.1 Å². The summed E-state index contributed by atoms with van der Waals surface area (Å²) in [5, 5.41) is 11.5. The third kappa shape index (κ3) is 5.48. The Bertz CT molecular complexity index is 1480. The Morgan fingerprint density at radius 3 is 2.67 bits per heavy atom. The van der Waals surface area contributed by atoms with Crippen LogP contribution in [0.25, 0.3) is 10.8 Å². The van der Waals surface area contributed by atoms with E-state index in [4.69, 9.17) is 5.73 Å². The molecule has 17 heteroatoms. The molecule has 0 spiro atoms. The van der Waals surface area contributed by atoms with Gasteiger partial charge in [0.05, 0.1) is 6.20 Å². The number of aromatic nitrogens is 2. The van der Waals surface area contributed by atoms with Gasteiger partial charge in [0.25, 0.3) is 11.3 Å². The number of rotatable bonds is 9. The van der Waals surface area contributed by atoms with Gasteiger partial charge in [0.2, 0.25) is 5.91 Å². The first-order valence-electron chi connectivity index (χ1n) is 12.0. The zero-order valence-electron chi connectivity index (χ0n) is 20.6. The van der Waals surface area contributed by atoms with E-state index in [0.29, 0.717) is 10.5 Å². The summed E-state index contributed by atoms with van der Waals surface area (Å²) in [7, 11) is 0. The van der Waals surface area contributed by atoms with Gasteiger partial charge in [-0.15, -0.1) is 13.2 Å². The van der Waals surface area contributed by atoms with E-state index in [1.54, 1.807) is 0 Å². The van der Waals surface area contributed by atoms with Crippen LogP contribution in [0.5, 0.6) is 5.75 Å². The van der Waals surface area contributed by atoms with E-state index in [1.807, 2.05) is 4.90 Å². The molecule has 1 unspecified atom stereocenters. The smallest absolute Gasteiger partial charge is 0.480 e. The number of ether oxygens (including phenoxy) is 1. The van der Waals surface area contributed by atoms with Crippen LogP contribution in [0.3, 0.4) is 0 Å². The predicted octanol–water partition coefficient (Wildman–Crippen LogP) is 2.62. The summed E-state index contributed by atoms with van der Waals surface area (Å²) in [5.41, 5.74) is 5.68. The lowest BCUT2D eigenvalue weighted by atomic mass is 10.00. The molecule has 2 aromatic heterocycles. The summed E-state index contributed by atoms with van der Waals surface area (Å²) in [6.07, 6.45) is -1.87. The topological polar surface area (TPSA) is 162 Å². The number of hydrogen-bond donors (Lipinski definition) is 3. The Labute approximate surface area is 231 Å². The van der Waals surface area contributed by atoms with Crippen LogP contribution in [0.2, 0.25) is 0 Å². The van der Waals surface area contributed by atoms with Gasteiger partial charge in [-0.1, -0.05) is 11.3 Å². The Kier molecular flexibility index (Phi) is 7.45. The standard InChI is InChI=1S/C23H23F3N6O6S2/c24-23(25,26)38-17-10-14-12(2-4-28-19(14)27)8-13(17)9-16(21(34)35)31-7-3-15(20(31)33)32(40(36)37)18-11-29-22(39-18)30-5-1-6-30/h2,4,8,10-11,15-16H,1,3,5-7,9H2,(H2,27,28)(H,34,35)(H,36,37)/t15-,16+/m0/s1. The van der Waals surface area contributed by atoms with Crippen molar-refractivity contribution in [2.24, 2.45) is 0 Å². The van der Waals surface area contributed by atoms with E-state index in [2.05, 4.69) is 14.7 Å². The summed E-state index contributed by atoms with van der Waals surface area (Å²) in [4.78, 5) is 36.9. The summed E-state index contributed by atoms with van der Waals surface area (Å²) >= 11 is -1.50. The van der Waals surface area contributed by atoms with Crippen molar-refractivity contribution in [2.45, 2.75) is 37.7 Å². The number of carboxylic acids is 1. The van der Waals surface area contributed by atoms with Crippen LogP contribution in [0.15, 0.2) is 30.6 Å². The van der Waals surface area contributed by atoms with Gasteiger partial charge in [0.1, 0.15) is 28.7 Å². The molecule has 3 atom stereocenters. The summed E-state index contributed by atoms with van der Waals surface area (Å²) in [6, 6.07) is 1.08. The number of carbonyl (C=O) groups excluding carboxylic acids is 1. The second-order valence-corrected chi connectivity index (χ2v) is 11.0. The molecule has 0 radical (unpaired) electrons. The molecule has 2 saturated heterocycles. The molecule has 40 heavy (non-hydrogen) atoms. The number of alkyl halides is 3. The second kappa shape index (κ2) is 10.7. The fourth-order valence-electron chi connectivity index (χ4n) is 4.75. The molecular weight excluding hydrogens is 577 g/mol. The number of thiazole rings is 1. The van der Waals surface area contributed by atoms with E-state index in [9.17, 15) is 36.6 Å². The lowest BCUT2D eigenvalue weighted by Gasteiger charge is -2.30. The monoisotopic (exact) mass is 600 g/mol. The van der Waals surface area contributed by atoms with Crippen molar-refractivity contribution in [3.05, 3.63) is 36.2 Å². The molecule has 3 aromatic rings. The first-order chi connectivity index (χ1) is 18.9. The average molecular weight is 601 g/mol. The number of aliphatic carboxylic acids is 1. The first kappa shape index (κ1) is 27.9. The van der Waals surface area contributed by atoms with Gasteiger partial charge in [0, 0.05) is 37.6 Å². The van der Waals surface area contributed by atoms with Gasteiger partial charge < -0.3 is 25.4 Å². The number of carbonyl (C=O) groups is 2. The molecular formula is C23H23F3N6O6S2. The lowest BCUT2D eigenvalue weighted by Crippen LogP contribution is -2.48. The number of nitrogens with two attached hydrogens (primary N) is 1. The number of fused-ring (bicyclic) bond motifs is 1. The Morgan fingerprint density at radius 1 is 1.30 bits per heavy atom. The Hall–Kier alpha value is -3.70. The maximum absolute atomic E-state index is 13.5. The van der Waals surface area contributed by atoms with Crippen LogP contribution in [-0.2, 0) is 27.3 Å². The fraction of sp³-hybridized carbons (Fsp3) is 0.391. The maximum atomic E-state index is 13.5. The van der Waals surface area contributed by atoms with Crippen molar-refractivity contribution in [2.75, 3.05) is 34.6 Å². The zero-order chi connectivity index (χ0) is 28.8. The number of hydrogen-bond acceptors (Lipinski definition) is 9. The number of amides is 1. The van der Waals surface area contributed by atoms with E-state index in [1.165, 1.54) is 24.5 Å². The largest absolute Gasteiger partial charge is 0.573 e. The van der Waals surface area contributed by atoms with Crippen LogP contribution in [0, 0.1) is 0 Å². The van der Waals surface area contributed by atoms with E-state index >= 15 is 0 Å². The molecule has 2 aliphatic heterocycles. The number of carboxylic acid groups (broad SMARTS) is 1. The van der Waals surface area contributed by atoms with Gasteiger partial charge in [-0.05, 0) is 42.0 Å². The quantitative estimate of drug-likeness (QED) is 0.311. The van der Waals surface area contributed by atoms with Crippen molar-refractivity contribution in [1.29, 1.82) is 0 Å². The van der Waals surface area contributed by atoms with Crippen molar-refractivity contribution in [3.63, 3.8) is 0 Å². The van der Waals surface area contributed by atoms with Crippen molar-refractivity contribution in [1.82, 2.24) is 14.9 Å². The molecule has 4 heterocycles. The van der Waals surface area contributed by atoms with Crippen molar-refractivity contribution >= 4 is 61.2 Å². The van der Waals surface area contributed by atoms with Crippen LogP contribution in [0.1, 0.15) is 18.4 Å². The minimum absolute atomic E-state index is 0.0116. The summed E-state index contributed by atoms with van der Waals surface area (Å²) in [5.74, 6) is -2.92. The highest BCUT2D eigenvalue weighted by molar-refractivity contribution is 7.81. The summed E-state index contributed by atoms with van der Waals surface area (Å²) < 4.78 is 67.2.